The number of nitrogens with zero attached hydrogens (tertiary/aromatic N) is 1. The predicted octanol–water partition coefficient (Wildman–Crippen LogP) is 3.11. The quantitative estimate of drug-likeness (QED) is 0.928. The van der Waals surface area contributed by atoms with E-state index in [1.165, 1.54) is 5.56 Å². The third-order valence-corrected chi connectivity index (χ3v) is 4.68. The van der Waals surface area contributed by atoms with Crippen LogP contribution in [-0.2, 0) is 9.47 Å². The Labute approximate surface area is 137 Å². The van der Waals surface area contributed by atoms with Crippen LogP contribution in [0.25, 0.3) is 0 Å². The number of carbonyl (C=O) groups is 1. The molecule has 2 atom stereocenters. The molecule has 1 aromatic carbocycles. The number of hydrogen-bond donors (Lipinski definition) is 1. The molecule has 0 aliphatic carbocycles. The molecule has 126 valence electrons. The molecule has 1 fully saturated rings. The number of hydrogen-bond acceptors (Lipinski definition) is 3. The van der Waals surface area contributed by atoms with Gasteiger partial charge in [0.1, 0.15) is 0 Å². The van der Waals surface area contributed by atoms with E-state index >= 15 is 0 Å². The average Bonchev–Trinajstić information content (AvgIpc) is 3.10. The molecule has 0 aromatic heterocycles. The van der Waals surface area contributed by atoms with Crippen molar-refractivity contribution in [1.29, 1.82) is 0 Å². The molecular formula is C18H26N2O3. The van der Waals surface area contributed by atoms with E-state index in [1.807, 2.05) is 30.0 Å². The maximum absolute atomic E-state index is 12.5. The smallest absolute Gasteiger partial charge is 0.321 e. The van der Waals surface area contributed by atoms with Gasteiger partial charge in [0.05, 0.1) is 13.2 Å². The number of nitrogens with one attached hydrogen (secondary N) is 1. The van der Waals surface area contributed by atoms with Gasteiger partial charge < -0.3 is 14.8 Å². The summed E-state index contributed by atoms with van der Waals surface area (Å²) in [5.41, 5.74) is 2.27. The summed E-state index contributed by atoms with van der Waals surface area (Å²) in [6.45, 7) is 8.89. The highest BCUT2D eigenvalue weighted by atomic mass is 16.7. The van der Waals surface area contributed by atoms with Gasteiger partial charge in [-0.2, -0.15) is 0 Å². The lowest BCUT2D eigenvalue weighted by molar-refractivity contribution is -0.153. The summed E-state index contributed by atoms with van der Waals surface area (Å²) in [6, 6.07) is 8.11. The van der Waals surface area contributed by atoms with E-state index in [-0.39, 0.29) is 11.9 Å². The van der Waals surface area contributed by atoms with E-state index < -0.39 is 5.79 Å². The summed E-state index contributed by atoms with van der Waals surface area (Å²) < 4.78 is 11.3. The molecule has 0 bridgehead atoms. The van der Waals surface area contributed by atoms with Gasteiger partial charge in [0, 0.05) is 31.1 Å². The monoisotopic (exact) mass is 318 g/mol. The predicted molar refractivity (Wildman–Crippen MR) is 89.7 cm³/mol. The molecule has 0 spiro atoms. The van der Waals surface area contributed by atoms with Crippen molar-refractivity contribution in [3.05, 3.63) is 29.8 Å². The number of benzene rings is 1. The third-order valence-electron chi connectivity index (χ3n) is 4.68. The van der Waals surface area contributed by atoms with Crippen molar-refractivity contribution in [2.24, 2.45) is 5.92 Å². The van der Waals surface area contributed by atoms with Crippen molar-refractivity contribution in [1.82, 2.24) is 5.32 Å². The Hall–Kier alpha value is -1.59. The number of fused-ring (bicyclic) bond motifs is 1. The standard InChI is InChI=1S/C18H26N2O3/c1-13(10-18(3)22-8-9-23-18)11-19-17(21)20-12-14(2)15-6-4-5-7-16(15)20/h4-7,13-14H,8-12H2,1-3H3,(H,19,21)/t13-,14+/m1/s1. The van der Waals surface area contributed by atoms with Gasteiger partial charge in [-0.1, -0.05) is 32.0 Å². The van der Waals surface area contributed by atoms with E-state index in [0.29, 0.717) is 25.7 Å². The summed E-state index contributed by atoms with van der Waals surface area (Å²) in [6.07, 6.45) is 0.778. The van der Waals surface area contributed by atoms with Crippen molar-refractivity contribution < 1.29 is 14.3 Å². The van der Waals surface area contributed by atoms with Gasteiger partial charge in [0.2, 0.25) is 0 Å². The largest absolute Gasteiger partial charge is 0.348 e. The SMILES string of the molecule is C[C@@H](CNC(=O)N1C[C@H](C)c2ccccc21)CC1(C)OCCO1. The first kappa shape index (κ1) is 16.3. The van der Waals surface area contributed by atoms with Crippen LogP contribution in [0, 0.1) is 5.92 Å². The minimum Gasteiger partial charge on any atom is -0.348 e. The molecule has 5 heteroatoms. The van der Waals surface area contributed by atoms with E-state index in [0.717, 1.165) is 18.7 Å². The van der Waals surface area contributed by atoms with Crippen LogP contribution in [0.4, 0.5) is 10.5 Å². The molecule has 0 radical (unpaired) electrons. The van der Waals surface area contributed by atoms with Crippen molar-refractivity contribution in [2.45, 2.75) is 38.9 Å². The van der Waals surface area contributed by atoms with E-state index in [4.69, 9.17) is 9.47 Å². The first-order chi connectivity index (χ1) is 11.0. The van der Waals surface area contributed by atoms with E-state index in [1.54, 1.807) is 0 Å². The number of carbonyl (C=O) groups excluding carboxylic acids is 1. The Morgan fingerprint density at radius 2 is 2.09 bits per heavy atom. The van der Waals surface area contributed by atoms with Gasteiger partial charge in [-0.05, 0) is 24.5 Å². The lowest BCUT2D eigenvalue weighted by Gasteiger charge is -2.26. The minimum atomic E-state index is -0.501. The van der Waals surface area contributed by atoms with Gasteiger partial charge in [-0.15, -0.1) is 0 Å². The maximum atomic E-state index is 12.5. The molecular weight excluding hydrogens is 292 g/mol. The van der Waals surface area contributed by atoms with Crippen LogP contribution in [0.5, 0.6) is 0 Å². The lowest BCUT2D eigenvalue weighted by Crippen LogP contribution is -2.42. The highest BCUT2D eigenvalue weighted by Crippen LogP contribution is 2.35. The molecule has 23 heavy (non-hydrogen) atoms. The second-order valence-electron chi connectivity index (χ2n) is 6.90. The molecule has 0 saturated carbocycles. The molecule has 0 unspecified atom stereocenters. The van der Waals surface area contributed by atoms with Crippen LogP contribution in [0.3, 0.4) is 0 Å². The number of para-hydroxylation sites is 1. The molecule has 1 N–H and O–H groups in total. The Kier molecular flexibility index (Phi) is 4.60. The Morgan fingerprint density at radius 3 is 2.83 bits per heavy atom. The average molecular weight is 318 g/mol. The Balaban J connectivity index is 1.54. The van der Waals surface area contributed by atoms with Crippen LogP contribution in [0.2, 0.25) is 0 Å². The third kappa shape index (κ3) is 3.51. The zero-order valence-electron chi connectivity index (χ0n) is 14.2. The van der Waals surface area contributed by atoms with Crippen LogP contribution in [0.15, 0.2) is 24.3 Å². The van der Waals surface area contributed by atoms with Crippen LogP contribution in [0.1, 0.15) is 38.7 Å². The summed E-state index contributed by atoms with van der Waals surface area (Å²) >= 11 is 0. The molecule has 2 aliphatic rings. The van der Waals surface area contributed by atoms with Gasteiger partial charge in [-0.25, -0.2) is 4.79 Å². The van der Waals surface area contributed by atoms with Crippen molar-refractivity contribution in [3.8, 4) is 0 Å². The first-order valence-electron chi connectivity index (χ1n) is 8.41. The van der Waals surface area contributed by atoms with Crippen molar-refractivity contribution >= 4 is 11.7 Å². The van der Waals surface area contributed by atoms with Gasteiger partial charge in [0.25, 0.3) is 0 Å². The summed E-state index contributed by atoms with van der Waals surface area (Å²) in [5.74, 6) is 0.171. The van der Waals surface area contributed by atoms with Gasteiger partial charge in [0.15, 0.2) is 5.79 Å². The molecule has 1 saturated heterocycles. The first-order valence-corrected chi connectivity index (χ1v) is 8.41. The van der Waals surface area contributed by atoms with Crippen LogP contribution < -0.4 is 10.2 Å². The lowest BCUT2D eigenvalue weighted by atomic mass is 10.0. The molecule has 3 rings (SSSR count). The number of amides is 2. The number of ether oxygens (including phenoxy) is 2. The number of rotatable bonds is 4. The zero-order chi connectivity index (χ0) is 16.4. The highest BCUT2D eigenvalue weighted by molar-refractivity contribution is 5.94. The Bertz CT molecular complexity index is 569. The van der Waals surface area contributed by atoms with Gasteiger partial charge >= 0.3 is 6.03 Å². The number of urea groups is 1. The minimum absolute atomic E-state index is 0.0212. The molecule has 5 nitrogen and oxygen atoms in total. The van der Waals surface area contributed by atoms with E-state index in [9.17, 15) is 4.79 Å². The number of anilines is 1. The summed E-state index contributed by atoms with van der Waals surface area (Å²) in [7, 11) is 0. The fourth-order valence-electron chi connectivity index (χ4n) is 3.55. The second-order valence-corrected chi connectivity index (χ2v) is 6.90. The van der Waals surface area contributed by atoms with Crippen LogP contribution >= 0.6 is 0 Å². The maximum Gasteiger partial charge on any atom is 0.321 e. The van der Waals surface area contributed by atoms with E-state index in [2.05, 4.69) is 25.2 Å². The fraction of sp³-hybridized carbons (Fsp3) is 0.611. The second kappa shape index (κ2) is 6.49. The summed E-state index contributed by atoms with van der Waals surface area (Å²) in [5, 5.41) is 3.05. The normalized spacial score (nSPS) is 23.6. The van der Waals surface area contributed by atoms with Gasteiger partial charge in [-0.3, -0.25) is 4.90 Å². The van der Waals surface area contributed by atoms with Crippen LogP contribution in [-0.4, -0.2) is 38.1 Å². The Morgan fingerprint density at radius 1 is 1.39 bits per heavy atom. The highest BCUT2D eigenvalue weighted by Gasteiger charge is 2.33. The molecule has 1 aromatic rings. The van der Waals surface area contributed by atoms with Crippen molar-refractivity contribution in [2.75, 3.05) is 31.2 Å². The molecule has 2 amide bonds. The fourth-order valence-corrected chi connectivity index (χ4v) is 3.55. The molecule has 2 heterocycles. The van der Waals surface area contributed by atoms with Crippen molar-refractivity contribution in [3.63, 3.8) is 0 Å². The topological polar surface area (TPSA) is 50.8 Å². The summed E-state index contributed by atoms with van der Waals surface area (Å²) in [4.78, 5) is 14.4. The zero-order valence-corrected chi connectivity index (χ0v) is 14.2. The molecule has 2 aliphatic heterocycles.